The Labute approximate surface area is 231 Å². The summed E-state index contributed by atoms with van der Waals surface area (Å²) in [4.78, 5) is 17.2. The fraction of sp³-hybridized carbons (Fsp3) is 0.296. The van der Waals surface area contributed by atoms with Crippen LogP contribution in [-0.4, -0.2) is 55.5 Å². The van der Waals surface area contributed by atoms with Crippen molar-refractivity contribution in [2.45, 2.75) is 13.1 Å². The van der Waals surface area contributed by atoms with Gasteiger partial charge >= 0.3 is 0 Å². The van der Waals surface area contributed by atoms with Gasteiger partial charge in [0.15, 0.2) is 6.61 Å². The van der Waals surface area contributed by atoms with Crippen molar-refractivity contribution < 1.29 is 9.53 Å². The van der Waals surface area contributed by atoms with Crippen molar-refractivity contribution in [2.24, 2.45) is 0 Å². The summed E-state index contributed by atoms with van der Waals surface area (Å²) < 4.78 is 5.98. The van der Waals surface area contributed by atoms with Crippen LogP contribution in [0.3, 0.4) is 0 Å². The average molecular weight is 567 g/mol. The number of carbonyl (C=O) groups excluding carboxylic acids is 1. The molecule has 0 atom stereocenters. The Hall–Kier alpha value is -1.99. The first-order valence-corrected chi connectivity index (χ1v) is 13.1. The molecule has 1 aliphatic heterocycles. The van der Waals surface area contributed by atoms with E-state index in [1.807, 2.05) is 30.3 Å². The minimum Gasteiger partial charge on any atom is -0.483 e. The number of rotatable bonds is 8. The molecule has 0 spiro atoms. The molecule has 1 heterocycles. The smallest absolute Gasteiger partial charge is 0.258 e. The molecule has 1 aliphatic rings. The number of hydrogen-bond donors (Lipinski definition) is 1. The van der Waals surface area contributed by atoms with E-state index >= 15 is 0 Å². The SMILES string of the molecule is CN1CCN(Cc2cc(-c3cc(Cl)cc(Cl)c3)ccc2OCC(=O)NCc2ccc(Cl)c(Cl)c2)CC1. The van der Waals surface area contributed by atoms with Crippen LogP contribution in [-0.2, 0) is 17.9 Å². The minimum atomic E-state index is -0.225. The van der Waals surface area contributed by atoms with Gasteiger partial charge in [-0.15, -0.1) is 0 Å². The van der Waals surface area contributed by atoms with Gasteiger partial charge in [0.05, 0.1) is 10.0 Å². The average Bonchev–Trinajstić information content (AvgIpc) is 2.84. The zero-order valence-electron chi connectivity index (χ0n) is 19.9. The van der Waals surface area contributed by atoms with Gasteiger partial charge in [0, 0.05) is 54.9 Å². The van der Waals surface area contributed by atoms with E-state index in [-0.39, 0.29) is 12.5 Å². The highest BCUT2D eigenvalue weighted by atomic mass is 35.5. The molecule has 1 fully saturated rings. The molecule has 9 heteroatoms. The van der Waals surface area contributed by atoms with Gasteiger partial charge in [-0.25, -0.2) is 0 Å². The molecular weight excluding hydrogens is 540 g/mol. The number of benzene rings is 3. The van der Waals surface area contributed by atoms with Crippen molar-refractivity contribution in [3.8, 4) is 16.9 Å². The minimum absolute atomic E-state index is 0.0978. The van der Waals surface area contributed by atoms with Gasteiger partial charge in [-0.3, -0.25) is 9.69 Å². The molecule has 0 aromatic heterocycles. The molecule has 0 aliphatic carbocycles. The van der Waals surface area contributed by atoms with E-state index in [1.54, 1.807) is 18.2 Å². The predicted octanol–water partition coefficient (Wildman–Crippen LogP) is 6.41. The highest BCUT2D eigenvalue weighted by Crippen LogP contribution is 2.31. The lowest BCUT2D eigenvalue weighted by Gasteiger charge is -2.32. The van der Waals surface area contributed by atoms with Gasteiger partial charge in [-0.2, -0.15) is 0 Å². The summed E-state index contributed by atoms with van der Waals surface area (Å²) in [5, 5.41) is 4.95. The van der Waals surface area contributed by atoms with Gasteiger partial charge in [-0.1, -0.05) is 58.5 Å². The molecule has 0 unspecified atom stereocenters. The Kier molecular flexibility index (Phi) is 9.40. The van der Waals surface area contributed by atoms with Gasteiger partial charge in [-0.05, 0) is 66.2 Å². The molecule has 0 bridgehead atoms. The number of piperazine rings is 1. The highest BCUT2D eigenvalue weighted by Gasteiger charge is 2.17. The van der Waals surface area contributed by atoms with E-state index in [1.165, 1.54) is 0 Å². The maximum absolute atomic E-state index is 12.5. The summed E-state index contributed by atoms with van der Waals surface area (Å²) in [7, 11) is 2.13. The van der Waals surface area contributed by atoms with E-state index in [2.05, 4.69) is 28.2 Å². The Balaban J connectivity index is 1.47. The second-order valence-electron chi connectivity index (χ2n) is 8.87. The fourth-order valence-electron chi connectivity index (χ4n) is 4.04. The van der Waals surface area contributed by atoms with Crippen LogP contribution in [0.25, 0.3) is 11.1 Å². The molecule has 3 aromatic rings. The lowest BCUT2D eigenvalue weighted by atomic mass is 10.0. The van der Waals surface area contributed by atoms with Gasteiger partial charge in [0.25, 0.3) is 5.91 Å². The molecule has 0 radical (unpaired) electrons. The number of nitrogens with zero attached hydrogens (tertiary/aromatic N) is 2. The van der Waals surface area contributed by atoms with Crippen molar-refractivity contribution in [1.29, 1.82) is 0 Å². The summed E-state index contributed by atoms with van der Waals surface area (Å²) in [6.45, 7) is 4.91. The Morgan fingerprint density at radius 3 is 2.28 bits per heavy atom. The number of nitrogens with one attached hydrogen (secondary N) is 1. The van der Waals surface area contributed by atoms with E-state index in [9.17, 15) is 4.79 Å². The third-order valence-electron chi connectivity index (χ3n) is 6.08. The Bertz CT molecular complexity index is 1210. The van der Waals surface area contributed by atoms with E-state index < -0.39 is 0 Å². The largest absolute Gasteiger partial charge is 0.483 e. The number of amides is 1. The normalized spacial score (nSPS) is 14.6. The number of ether oxygens (including phenoxy) is 1. The van der Waals surface area contributed by atoms with Gasteiger partial charge < -0.3 is 15.0 Å². The number of hydrogen-bond acceptors (Lipinski definition) is 4. The van der Waals surface area contributed by atoms with Crippen molar-refractivity contribution in [1.82, 2.24) is 15.1 Å². The maximum Gasteiger partial charge on any atom is 0.258 e. The predicted molar refractivity (Wildman–Crippen MR) is 148 cm³/mol. The first-order chi connectivity index (χ1) is 17.3. The molecule has 4 rings (SSSR count). The second-order valence-corrected chi connectivity index (χ2v) is 10.6. The van der Waals surface area contributed by atoms with Crippen LogP contribution in [0.1, 0.15) is 11.1 Å². The Morgan fingerprint density at radius 2 is 1.58 bits per heavy atom. The quantitative estimate of drug-likeness (QED) is 0.342. The first kappa shape index (κ1) is 27.1. The number of carbonyl (C=O) groups is 1. The zero-order chi connectivity index (χ0) is 25.7. The second kappa shape index (κ2) is 12.5. The van der Waals surface area contributed by atoms with Crippen LogP contribution in [0, 0.1) is 0 Å². The summed E-state index contributed by atoms with van der Waals surface area (Å²) >= 11 is 24.5. The van der Waals surface area contributed by atoms with Crippen LogP contribution in [0.15, 0.2) is 54.6 Å². The molecule has 190 valence electrons. The highest BCUT2D eigenvalue weighted by molar-refractivity contribution is 6.42. The molecule has 1 saturated heterocycles. The molecule has 36 heavy (non-hydrogen) atoms. The monoisotopic (exact) mass is 565 g/mol. The molecule has 1 amide bonds. The molecule has 3 aromatic carbocycles. The van der Waals surface area contributed by atoms with Crippen molar-refractivity contribution in [3.05, 3.63) is 85.8 Å². The number of likely N-dealkylation sites (N-methyl/N-ethyl adjacent to an activating group) is 1. The van der Waals surface area contributed by atoms with Crippen molar-refractivity contribution in [2.75, 3.05) is 39.8 Å². The zero-order valence-corrected chi connectivity index (χ0v) is 22.9. The lowest BCUT2D eigenvalue weighted by molar-refractivity contribution is -0.123. The maximum atomic E-state index is 12.5. The van der Waals surface area contributed by atoms with Crippen LogP contribution >= 0.6 is 46.4 Å². The first-order valence-electron chi connectivity index (χ1n) is 11.6. The summed E-state index contributed by atoms with van der Waals surface area (Å²) in [5.74, 6) is 0.452. The summed E-state index contributed by atoms with van der Waals surface area (Å²) in [5.41, 5.74) is 3.78. The van der Waals surface area contributed by atoms with Crippen LogP contribution in [0.2, 0.25) is 20.1 Å². The third kappa shape index (κ3) is 7.51. The molecular formula is C27H27Cl4N3O2. The summed E-state index contributed by atoms with van der Waals surface area (Å²) in [6, 6.07) is 16.7. The van der Waals surface area contributed by atoms with Crippen molar-refractivity contribution >= 4 is 52.3 Å². The fourth-order valence-corrected chi connectivity index (χ4v) is 4.88. The van der Waals surface area contributed by atoms with Crippen LogP contribution in [0.4, 0.5) is 0 Å². The van der Waals surface area contributed by atoms with Crippen LogP contribution < -0.4 is 10.1 Å². The molecule has 1 N–H and O–H groups in total. The van der Waals surface area contributed by atoms with Gasteiger partial charge in [0.1, 0.15) is 5.75 Å². The third-order valence-corrected chi connectivity index (χ3v) is 7.25. The summed E-state index contributed by atoms with van der Waals surface area (Å²) in [6.07, 6.45) is 0. The lowest BCUT2D eigenvalue weighted by Crippen LogP contribution is -2.43. The molecule has 5 nitrogen and oxygen atoms in total. The molecule has 0 saturated carbocycles. The van der Waals surface area contributed by atoms with Gasteiger partial charge in [0.2, 0.25) is 0 Å². The standard InChI is InChI=1S/C27H27Cl4N3O2/c1-33-6-8-34(9-7-33)16-21-11-19(20-12-22(28)14-23(29)13-20)3-5-26(21)36-17-27(35)32-15-18-2-4-24(30)25(31)10-18/h2-5,10-14H,6-9,15-17H2,1H3,(H,32,35). The van der Waals surface area contributed by atoms with E-state index in [4.69, 9.17) is 51.1 Å². The topological polar surface area (TPSA) is 44.8 Å². The van der Waals surface area contributed by atoms with Crippen molar-refractivity contribution in [3.63, 3.8) is 0 Å². The Morgan fingerprint density at radius 1 is 0.861 bits per heavy atom. The van der Waals surface area contributed by atoms with E-state index in [0.29, 0.717) is 32.4 Å². The van der Waals surface area contributed by atoms with Crippen LogP contribution in [0.5, 0.6) is 5.75 Å². The number of halogens is 4. The van der Waals surface area contributed by atoms with E-state index in [0.717, 1.165) is 55.0 Å².